The number of nitrogens with zero attached hydrogens (tertiary/aromatic N) is 3. The zero-order valence-electron chi connectivity index (χ0n) is 13.5. The molecule has 0 unspecified atom stereocenters. The minimum atomic E-state index is 0.0630. The summed E-state index contributed by atoms with van der Waals surface area (Å²) >= 11 is 1.66. The number of aryl methyl sites for hydroxylation is 1. The van der Waals surface area contributed by atoms with Crippen LogP contribution in [0.2, 0.25) is 0 Å². The fourth-order valence-electron chi connectivity index (χ4n) is 3.14. The number of thiophene rings is 1. The van der Waals surface area contributed by atoms with Crippen LogP contribution in [0.15, 0.2) is 59.6 Å². The largest absolute Gasteiger partial charge is 0.308 e. The normalized spacial score (nSPS) is 19.2. The van der Waals surface area contributed by atoms with Gasteiger partial charge in [-0.1, -0.05) is 18.2 Å². The third kappa shape index (κ3) is 2.99. The van der Waals surface area contributed by atoms with Crippen molar-refractivity contribution in [2.45, 2.75) is 18.9 Å². The molecule has 0 spiro atoms. The van der Waals surface area contributed by atoms with E-state index < -0.39 is 0 Å². The molecule has 4 rings (SSSR count). The number of benzene rings is 1. The molecule has 0 saturated heterocycles. The first-order chi connectivity index (χ1) is 11.7. The van der Waals surface area contributed by atoms with E-state index in [2.05, 4.69) is 21.9 Å². The smallest absolute Gasteiger partial charge is 0.231 e. The molecular formula is C19H19N3OS. The van der Waals surface area contributed by atoms with Gasteiger partial charge in [-0.2, -0.15) is 16.4 Å². The van der Waals surface area contributed by atoms with Gasteiger partial charge in [-0.05, 0) is 52.4 Å². The number of anilines is 1. The number of aromatic nitrogens is 2. The molecule has 1 aromatic carbocycles. The van der Waals surface area contributed by atoms with Crippen LogP contribution in [0, 0.1) is 5.92 Å². The Morgan fingerprint density at radius 1 is 1.33 bits per heavy atom. The van der Waals surface area contributed by atoms with E-state index in [1.165, 1.54) is 11.1 Å². The molecule has 4 nitrogen and oxygen atoms in total. The Labute approximate surface area is 145 Å². The highest BCUT2D eigenvalue weighted by molar-refractivity contribution is 7.07. The van der Waals surface area contributed by atoms with E-state index in [0.29, 0.717) is 12.5 Å². The maximum Gasteiger partial charge on any atom is 0.231 e. The van der Waals surface area contributed by atoms with E-state index in [1.807, 2.05) is 54.7 Å². The lowest BCUT2D eigenvalue weighted by molar-refractivity contribution is -0.120. The van der Waals surface area contributed by atoms with Gasteiger partial charge in [0.25, 0.3) is 0 Å². The topological polar surface area (TPSA) is 38.1 Å². The number of carbonyl (C=O) groups is 1. The highest BCUT2D eigenvalue weighted by Crippen LogP contribution is 2.48. The predicted molar refractivity (Wildman–Crippen MR) is 96.0 cm³/mol. The van der Waals surface area contributed by atoms with Crippen LogP contribution in [-0.4, -0.2) is 15.7 Å². The minimum absolute atomic E-state index is 0.0630. The van der Waals surface area contributed by atoms with Crippen molar-refractivity contribution < 1.29 is 4.79 Å². The summed E-state index contributed by atoms with van der Waals surface area (Å²) in [7, 11) is 1.91. The maximum absolute atomic E-state index is 13.1. The standard InChI is InChI=1S/C19H19N3OS/c1-21-12-15(10-20-21)17-9-18(17)19(23)22(11-14-7-8-24-13-14)16-5-3-2-4-6-16/h2-8,10,12-13,17-18H,9,11H2,1H3/t17-,18+/m0/s1. The number of para-hydroxylation sites is 1. The first-order valence-corrected chi connectivity index (χ1v) is 9.02. The molecule has 1 saturated carbocycles. The van der Waals surface area contributed by atoms with Gasteiger partial charge in [0.2, 0.25) is 5.91 Å². The molecule has 1 aliphatic carbocycles. The summed E-state index contributed by atoms with van der Waals surface area (Å²) in [6.45, 7) is 0.628. The number of carbonyl (C=O) groups excluding carboxylic acids is 1. The van der Waals surface area contributed by atoms with Gasteiger partial charge >= 0.3 is 0 Å². The highest BCUT2D eigenvalue weighted by Gasteiger charge is 2.46. The quantitative estimate of drug-likeness (QED) is 0.710. The number of hydrogen-bond donors (Lipinski definition) is 0. The molecule has 5 heteroatoms. The molecule has 2 aromatic heterocycles. The molecule has 0 bridgehead atoms. The summed E-state index contributed by atoms with van der Waals surface area (Å²) in [5, 5.41) is 8.39. The lowest BCUT2D eigenvalue weighted by Gasteiger charge is -2.23. The molecule has 2 atom stereocenters. The molecule has 24 heavy (non-hydrogen) atoms. The van der Waals surface area contributed by atoms with E-state index in [-0.39, 0.29) is 11.8 Å². The third-order valence-electron chi connectivity index (χ3n) is 4.52. The van der Waals surface area contributed by atoms with E-state index in [9.17, 15) is 4.79 Å². The summed E-state index contributed by atoms with van der Waals surface area (Å²) in [5.74, 6) is 0.578. The van der Waals surface area contributed by atoms with Gasteiger partial charge in [0, 0.05) is 24.8 Å². The summed E-state index contributed by atoms with van der Waals surface area (Å²) in [6, 6.07) is 12.0. The van der Waals surface area contributed by atoms with Crippen LogP contribution >= 0.6 is 11.3 Å². The van der Waals surface area contributed by atoms with Gasteiger partial charge in [0.1, 0.15) is 0 Å². The second-order valence-corrected chi connectivity index (χ2v) is 7.07. The molecule has 1 fully saturated rings. The van der Waals surface area contributed by atoms with E-state index >= 15 is 0 Å². The van der Waals surface area contributed by atoms with Crippen molar-refractivity contribution in [2.75, 3.05) is 4.90 Å². The minimum Gasteiger partial charge on any atom is -0.308 e. The average molecular weight is 337 g/mol. The van der Waals surface area contributed by atoms with Gasteiger partial charge < -0.3 is 4.90 Å². The molecular weight excluding hydrogens is 318 g/mol. The molecule has 0 N–H and O–H groups in total. The summed E-state index contributed by atoms with van der Waals surface area (Å²) < 4.78 is 1.80. The molecule has 1 aliphatic rings. The van der Waals surface area contributed by atoms with Gasteiger partial charge in [0.05, 0.1) is 12.7 Å². The lowest BCUT2D eigenvalue weighted by Crippen LogP contribution is -2.31. The molecule has 122 valence electrons. The van der Waals surface area contributed by atoms with Crippen molar-refractivity contribution in [3.8, 4) is 0 Å². The van der Waals surface area contributed by atoms with Gasteiger partial charge in [-0.25, -0.2) is 0 Å². The van der Waals surface area contributed by atoms with Crippen LogP contribution in [0.5, 0.6) is 0 Å². The van der Waals surface area contributed by atoms with Gasteiger partial charge in [0.15, 0.2) is 0 Å². The van der Waals surface area contributed by atoms with E-state index in [0.717, 1.165) is 12.1 Å². The van der Waals surface area contributed by atoms with Gasteiger partial charge in [-0.3, -0.25) is 9.48 Å². The molecule has 3 aromatic rings. The van der Waals surface area contributed by atoms with Gasteiger partial charge in [-0.15, -0.1) is 0 Å². The Balaban J connectivity index is 1.56. The van der Waals surface area contributed by atoms with Crippen LogP contribution in [0.1, 0.15) is 23.5 Å². The van der Waals surface area contributed by atoms with Crippen molar-refractivity contribution in [1.29, 1.82) is 0 Å². The highest BCUT2D eigenvalue weighted by atomic mass is 32.1. The number of amides is 1. The Hall–Kier alpha value is -2.40. The van der Waals surface area contributed by atoms with Crippen molar-refractivity contribution in [3.63, 3.8) is 0 Å². The zero-order chi connectivity index (χ0) is 16.5. The van der Waals surface area contributed by atoms with Crippen LogP contribution in [-0.2, 0) is 18.4 Å². The average Bonchev–Trinajstić information content (AvgIpc) is 3.00. The zero-order valence-corrected chi connectivity index (χ0v) is 14.3. The Kier molecular flexibility index (Phi) is 3.94. The van der Waals surface area contributed by atoms with Crippen molar-refractivity contribution >= 4 is 22.9 Å². The van der Waals surface area contributed by atoms with Crippen molar-refractivity contribution in [3.05, 3.63) is 70.7 Å². The second kappa shape index (κ2) is 6.24. The van der Waals surface area contributed by atoms with Crippen molar-refractivity contribution in [1.82, 2.24) is 9.78 Å². The van der Waals surface area contributed by atoms with E-state index in [4.69, 9.17) is 0 Å². The predicted octanol–water partition coefficient (Wildman–Crippen LogP) is 3.82. The van der Waals surface area contributed by atoms with Crippen LogP contribution in [0.3, 0.4) is 0 Å². The fourth-order valence-corrected chi connectivity index (χ4v) is 3.80. The molecule has 1 amide bonds. The van der Waals surface area contributed by atoms with Crippen LogP contribution in [0.25, 0.3) is 0 Å². The summed E-state index contributed by atoms with van der Waals surface area (Å²) in [4.78, 5) is 15.0. The second-order valence-electron chi connectivity index (χ2n) is 6.29. The van der Waals surface area contributed by atoms with Crippen LogP contribution in [0.4, 0.5) is 5.69 Å². The summed E-state index contributed by atoms with van der Waals surface area (Å²) in [6.07, 6.45) is 4.81. The SMILES string of the molecule is Cn1cc([C@@H]2C[C@H]2C(=O)N(Cc2ccsc2)c2ccccc2)cn1. The molecule has 2 heterocycles. The number of hydrogen-bond acceptors (Lipinski definition) is 3. The maximum atomic E-state index is 13.1. The van der Waals surface area contributed by atoms with Crippen LogP contribution < -0.4 is 4.90 Å². The molecule has 0 aliphatic heterocycles. The monoisotopic (exact) mass is 337 g/mol. The van der Waals surface area contributed by atoms with Crippen molar-refractivity contribution in [2.24, 2.45) is 13.0 Å². The molecule has 0 radical (unpaired) electrons. The third-order valence-corrected chi connectivity index (χ3v) is 5.25. The first-order valence-electron chi connectivity index (χ1n) is 8.08. The Morgan fingerprint density at radius 3 is 2.83 bits per heavy atom. The Morgan fingerprint density at radius 2 is 2.17 bits per heavy atom. The summed E-state index contributed by atoms with van der Waals surface area (Å²) in [5.41, 5.74) is 3.31. The lowest BCUT2D eigenvalue weighted by atomic mass is 10.1. The van der Waals surface area contributed by atoms with E-state index in [1.54, 1.807) is 16.0 Å². The number of rotatable bonds is 5. The first kappa shape index (κ1) is 15.1. The fraction of sp³-hybridized carbons (Fsp3) is 0.263. The Bertz CT molecular complexity index is 825.